The Morgan fingerprint density at radius 2 is 2.06 bits per heavy atom. The number of aldehydes is 1. The van der Waals surface area contributed by atoms with E-state index in [9.17, 15) is 4.79 Å². The van der Waals surface area contributed by atoms with Gasteiger partial charge in [0.25, 0.3) is 0 Å². The number of carbonyl (C=O) groups excluding carboxylic acids is 1. The Balaban J connectivity index is 2.34. The first-order chi connectivity index (χ1) is 8.40. The van der Waals surface area contributed by atoms with E-state index in [0.717, 1.165) is 23.0 Å². The Bertz CT molecular complexity index is 673. The highest BCUT2D eigenvalue weighted by atomic mass is 16.1. The van der Waals surface area contributed by atoms with Crippen molar-refractivity contribution in [2.24, 2.45) is 0 Å². The lowest BCUT2D eigenvalue weighted by molar-refractivity contribution is 0.112. The van der Waals surface area contributed by atoms with Crippen molar-refractivity contribution < 1.29 is 4.79 Å². The fraction of sp³-hybridized carbons (Fsp3) is 0. The molecule has 0 N–H and O–H groups in total. The summed E-state index contributed by atoms with van der Waals surface area (Å²) in [7, 11) is 0. The Hall–Kier alpha value is -2.49. The van der Waals surface area contributed by atoms with E-state index in [1.807, 2.05) is 28.8 Å². The normalized spacial score (nSPS) is 10.6. The van der Waals surface area contributed by atoms with Gasteiger partial charge in [0.15, 0.2) is 6.29 Å². The molecule has 4 heteroatoms. The lowest BCUT2D eigenvalue weighted by Crippen LogP contribution is -1.95. The summed E-state index contributed by atoms with van der Waals surface area (Å²) < 4.78 is 1.89. The topological polar surface area (TPSA) is 47.8 Å². The van der Waals surface area contributed by atoms with Gasteiger partial charge >= 0.3 is 0 Å². The van der Waals surface area contributed by atoms with Gasteiger partial charge in [0, 0.05) is 23.3 Å². The molecule has 82 valence electrons. The summed E-state index contributed by atoms with van der Waals surface area (Å²) in [6, 6.07) is 9.55. The minimum absolute atomic E-state index is 0.666. The van der Waals surface area contributed by atoms with Gasteiger partial charge in [0.1, 0.15) is 12.1 Å². The van der Waals surface area contributed by atoms with Crippen LogP contribution in [0.4, 0.5) is 0 Å². The number of benzene rings is 1. The monoisotopic (exact) mass is 223 g/mol. The van der Waals surface area contributed by atoms with E-state index in [4.69, 9.17) is 0 Å². The molecule has 0 atom stereocenters. The third-order valence-corrected chi connectivity index (χ3v) is 2.68. The first-order valence-electron chi connectivity index (χ1n) is 5.22. The molecule has 3 aromatic rings. The van der Waals surface area contributed by atoms with Gasteiger partial charge in [-0.1, -0.05) is 18.2 Å². The molecule has 0 aliphatic carbocycles. The SMILES string of the molecule is O=Cc1cn(-c2ccncn2)c2ccccc12. The van der Waals surface area contributed by atoms with E-state index in [0.29, 0.717) is 5.56 Å². The number of fused-ring (bicyclic) bond motifs is 1. The van der Waals surface area contributed by atoms with Gasteiger partial charge < -0.3 is 4.57 Å². The summed E-state index contributed by atoms with van der Waals surface area (Å²) in [6.07, 6.45) is 5.82. The zero-order valence-corrected chi connectivity index (χ0v) is 8.95. The van der Waals surface area contributed by atoms with Crippen molar-refractivity contribution in [3.63, 3.8) is 0 Å². The third kappa shape index (κ3) is 1.50. The van der Waals surface area contributed by atoms with Gasteiger partial charge in [0.2, 0.25) is 0 Å². The molecule has 2 heterocycles. The Kier molecular flexibility index (Phi) is 2.19. The van der Waals surface area contributed by atoms with E-state index in [-0.39, 0.29) is 0 Å². The standard InChI is InChI=1S/C13H9N3O/c17-8-10-7-16(13-5-6-14-9-15-13)12-4-2-1-3-11(10)12/h1-9H. The van der Waals surface area contributed by atoms with E-state index >= 15 is 0 Å². The second kappa shape index (κ2) is 3.83. The van der Waals surface area contributed by atoms with Crippen molar-refractivity contribution in [1.29, 1.82) is 0 Å². The third-order valence-electron chi connectivity index (χ3n) is 2.68. The van der Waals surface area contributed by atoms with Crippen LogP contribution in [0.1, 0.15) is 10.4 Å². The lowest BCUT2D eigenvalue weighted by atomic mass is 10.2. The van der Waals surface area contributed by atoms with Gasteiger partial charge in [0.05, 0.1) is 5.52 Å². The maximum atomic E-state index is 11.0. The molecule has 0 aliphatic heterocycles. The van der Waals surface area contributed by atoms with Gasteiger partial charge in [-0.3, -0.25) is 4.79 Å². The van der Waals surface area contributed by atoms with Crippen molar-refractivity contribution in [1.82, 2.24) is 14.5 Å². The number of hydrogen-bond acceptors (Lipinski definition) is 3. The molecule has 2 aromatic heterocycles. The van der Waals surface area contributed by atoms with Crippen LogP contribution in [-0.2, 0) is 0 Å². The molecule has 3 rings (SSSR count). The van der Waals surface area contributed by atoms with E-state index in [1.165, 1.54) is 6.33 Å². The second-order valence-corrected chi connectivity index (χ2v) is 3.66. The fourth-order valence-corrected chi connectivity index (χ4v) is 1.92. The molecule has 0 spiro atoms. The molecular weight excluding hydrogens is 214 g/mol. The zero-order valence-electron chi connectivity index (χ0n) is 8.95. The van der Waals surface area contributed by atoms with Gasteiger partial charge in [-0.2, -0.15) is 0 Å². The molecule has 0 fully saturated rings. The molecule has 0 bridgehead atoms. The summed E-state index contributed by atoms with van der Waals surface area (Å²) in [5, 5.41) is 0.932. The van der Waals surface area contributed by atoms with Crippen LogP contribution in [0, 0.1) is 0 Å². The first-order valence-corrected chi connectivity index (χ1v) is 5.22. The molecule has 0 aliphatic rings. The molecular formula is C13H9N3O. The molecule has 0 unspecified atom stereocenters. The lowest BCUT2D eigenvalue weighted by Gasteiger charge is -2.02. The number of nitrogens with zero attached hydrogens (tertiary/aromatic N) is 3. The Morgan fingerprint density at radius 1 is 1.18 bits per heavy atom. The summed E-state index contributed by atoms with van der Waals surface area (Å²) in [5.41, 5.74) is 1.63. The number of rotatable bonds is 2. The van der Waals surface area contributed by atoms with Crippen molar-refractivity contribution >= 4 is 17.2 Å². The number of aromatic nitrogens is 3. The molecule has 0 saturated carbocycles. The minimum Gasteiger partial charge on any atom is -0.300 e. The number of para-hydroxylation sites is 1. The molecule has 17 heavy (non-hydrogen) atoms. The van der Waals surface area contributed by atoms with Gasteiger partial charge in [-0.25, -0.2) is 9.97 Å². The first kappa shape index (κ1) is 9.72. The smallest absolute Gasteiger partial charge is 0.152 e. The molecule has 0 saturated heterocycles. The van der Waals surface area contributed by atoms with Gasteiger partial charge in [-0.15, -0.1) is 0 Å². The predicted octanol–water partition coefficient (Wildman–Crippen LogP) is 2.23. The van der Waals surface area contributed by atoms with E-state index in [1.54, 1.807) is 18.5 Å². The average molecular weight is 223 g/mol. The molecule has 0 radical (unpaired) electrons. The maximum absolute atomic E-state index is 11.0. The summed E-state index contributed by atoms with van der Waals surface area (Å²) in [6.45, 7) is 0. The van der Waals surface area contributed by atoms with Crippen molar-refractivity contribution in [3.05, 3.63) is 54.6 Å². The van der Waals surface area contributed by atoms with Crippen LogP contribution in [0.15, 0.2) is 49.1 Å². The van der Waals surface area contributed by atoms with Crippen LogP contribution in [0.25, 0.3) is 16.7 Å². The van der Waals surface area contributed by atoms with Crippen LogP contribution >= 0.6 is 0 Å². The zero-order chi connectivity index (χ0) is 11.7. The quantitative estimate of drug-likeness (QED) is 0.626. The molecule has 1 aromatic carbocycles. The van der Waals surface area contributed by atoms with Crippen molar-refractivity contribution in [2.45, 2.75) is 0 Å². The highest BCUT2D eigenvalue weighted by molar-refractivity contribution is 5.98. The second-order valence-electron chi connectivity index (χ2n) is 3.66. The van der Waals surface area contributed by atoms with E-state index < -0.39 is 0 Å². The minimum atomic E-state index is 0.666. The van der Waals surface area contributed by atoms with Crippen LogP contribution in [0.2, 0.25) is 0 Å². The molecule has 0 amide bonds. The summed E-state index contributed by atoms with van der Waals surface area (Å²) >= 11 is 0. The van der Waals surface area contributed by atoms with Gasteiger partial charge in [-0.05, 0) is 12.1 Å². The average Bonchev–Trinajstić information content (AvgIpc) is 2.78. The summed E-state index contributed by atoms with van der Waals surface area (Å²) in [4.78, 5) is 19.1. The molecule has 4 nitrogen and oxygen atoms in total. The van der Waals surface area contributed by atoms with Crippen LogP contribution in [0.3, 0.4) is 0 Å². The van der Waals surface area contributed by atoms with Crippen molar-refractivity contribution in [2.75, 3.05) is 0 Å². The highest BCUT2D eigenvalue weighted by Crippen LogP contribution is 2.22. The summed E-state index contributed by atoms with van der Waals surface area (Å²) in [5.74, 6) is 0.754. The largest absolute Gasteiger partial charge is 0.300 e. The van der Waals surface area contributed by atoms with Crippen LogP contribution in [0.5, 0.6) is 0 Å². The highest BCUT2D eigenvalue weighted by Gasteiger charge is 2.08. The predicted molar refractivity (Wildman–Crippen MR) is 64.3 cm³/mol. The number of hydrogen-bond donors (Lipinski definition) is 0. The Labute approximate surface area is 97.6 Å². The van der Waals surface area contributed by atoms with Crippen molar-refractivity contribution in [3.8, 4) is 5.82 Å². The van der Waals surface area contributed by atoms with Crippen LogP contribution < -0.4 is 0 Å². The number of carbonyl (C=O) groups is 1. The fourth-order valence-electron chi connectivity index (χ4n) is 1.92. The van der Waals surface area contributed by atoms with Crippen LogP contribution in [-0.4, -0.2) is 20.8 Å². The maximum Gasteiger partial charge on any atom is 0.152 e. The van der Waals surface area contributed by atoms with E-state index in [2.05, 4.69) is 9.97 Å². The Morgan fingerprint density at radius 3 is 2.82 bits per heavy atom.